The van der Waals surface area contributed by atoms with Gasteiger partial charge in [-0.2, -0.15) is 4.37 Å². The molecular formula is C10H9Cl2N3S. The quantitative estimate of drug-likeness (QED) is 0.935. The SMILES string of the molecule is Nc1nc(CCc2ccc(Cl)c(Cl)c2)ns1. The van der Waals surface area contributed by atoms with Gasteiger partial charge in [-0.1, -0.05) is 29.3 Å². The molecule has 2 rings (SSSR count). The summed E-state index contributed by atoms with van der Waals surface area (Å²) in [6, 6.07) is 5.60. The van der Waals surface area contributed by atoms with Crippen molar-refractivity contribution >= 4 is 39.9 Å². The van der Waals surface area contributed by atoms with Crippen LogP contribution in [0.4, 0.5) is 5.13 Å². The van der Waals surface area contributed by atoms with Gasteiger partial charge < -0.3 is 5.73 Å². The van der Waals surface area contributed by atoms with Gasteiger partial charge >= 0.3 is 0 Å². The molecule has 0 atom stereocenters. The number of aromatic nitrogens is 2. The lowest BCUT2D eigenvalue weighted by atomic mass is 10.1. The van der Waals surface area contributed by atoms with Crippen LogP contribution in [0.2, 0.25) is 10.0 Å². The van der Waals surface area contributed by atoms with Crippen LogP contribution in [0, 0.1) is 0 Å². The number of benzene rings is 1. The molecule has 0 amide bonds. The smallest absolute Gasteiger partial charge is 0.199 e. The third-order valence-corrected chi connectivity index (χ3v) is 3.42. The van der Waals surface area contributed by atoms with E-state index in [1.54, 1.807) is 6.07 Å². The van der Waals surface area contributed by atoms with Gasteiger partial charge in [0.1, 0.15) is 5.82 Å². The topological polar surface area (TPSA) is 51.8 Å². The molecule has 84 valence electrons. The van der Waals surface area contributed by atoms with Gasteiger partial charge in [0, 0.05) is 18.0 Å². The zero-order valence-corrected chi connectivity index (χ0v) is 10.6. The number of anilines is 1. The van der Waals surface area contributed by atoms with E-state index in [1.807, 2.05) is 12.1 Å². The van der Waals surface area contributed by atoms with Crippen molar-refractivity contribution in [2.75, 3.05) is 5.73 Å². The molecule has 1 heterocycles. The molecule has 0 aliphatic carbocycles. The van der Waals surface area contributed by atoms with Crippen molar-refractivity contribution in [1.29, 1.82) is 0 Å². The predicted octanol–water partition coefficient (Wildman–Crippen LogP) is 3.21. The molecule has 0 aliphatic heterocycles. The Morgan fingerprint density at radius 3 is 2.62 bits per heavy atom. The summed E-state index contributed by atoms with van der Waals surface area (Å²) in [5, 5.41) is 1.65. The van der Waals surface area contributed by atoms with Crippen LogP contribution in [0.3, 0.4) is 0 Å². The normalized spacial score (nSPS) is 10.6. The summed E-state index contributed by atoms with van der Waals surface area (Å²) >= 11 is 13.0. The van der Waals surface area contributed by atoms with E-state index in [-0.39, 0.29) is 0 Å². The molecular weight excluding hydrogens is 265 g/mol. The first-order valence-electron chi connectivity index (χ1n) is 4.67. The number of nitrogen functional groups attached to an aromatic ring is 1. The second-order valence-corrected chi connectivity index (χ2v) is 4.90. The Morgan fingerprint density at radius 1 is 1.19 bits per heavy atom. The third-order valence-electron chi connectivity index (χ3n) is 2.11. The summed E-state index contributed by atoms with van der Waals surface area (Å²) < 4.78 is 4.12. The summed E-state index contributed by atoms with van der Waals surface area (Å²) in [5.41, 5.74) is 6.61. The lowest BCUT2D eigenvalue weighted by Crippen LogP contribution is -1.94. The van der Waals surface area contributed by atoms with Crippen LogP contribution in [-0.2, 0) is 12.8 Å². The Labute approximate surface area is 107 Å². The molecule has 1 aromatic heterocycles. The average molecular weight is 274 g/mol. The summed E-state index contributed by atoms with van der Waals surface area (Å²) in [6.45, 7) is 0. The molecule has 0 saturated carbocycles. The number of nitrogens with zero attached hydrogens (tertiary/aromatic N) is 2. The molecule has 0 unspecified atom stereocenters. The van der Waals surface area contributed by atoms with Crippen molar-refractivity contribution in [2.45, 2.75) is 12.8 Å². The molecule has 6 heteroatoms. The van der Waals surface area contributed by atoms with Crippen LogP contribution in [-0.4, -0.2) is 9.36 Å². The zero-order valence-electron chi connectivity index (χ0n) is 8.28. The highest BCUT2D eigenvalue weighted by atomic mass is 35.5. The van der Waals surface area contributed by atoms with Crippen molar-refractivity contribution in [2.24, 2.45) is 0 Å². The van der Waals surface area contributed by atoms with Crippen molar-refractivity contribution in [1.82, 2.24) is 9.36 Å². The number of hydrogen-bond donors (Lipinski definition) is 1. The van der Waals surface area contributed by atoms with Crippen molar-refractivity contribution in [3.8, 4) is 0 Å². The van der Waals surface area contributed by atoms with Crippen LogP contribution in [0.5, 0.6) is 0 Å². The van der Waals surface area contributed by atoms with E-state index in [0.717, 1.165) is 24.2 Å². The Hall–Kier alpha value is -0.840. The maximum Gasteiger partial charge on any atom is 0.199 e. The van der Waals surface area contributed by atoms with E-state index in [9.17, 15) is 0 Å². The number of halogens is 2. The van der Waals surface area contributed by atoms with Crippen molar-refractivity contribution in [3.05, 3.63) is 39.6 Å². The molecule has 2 aromatic rings. The molecule has 0 radical (unpaired) electrons. The minimum Gasteiger partial charge on any atom is -0.374 e. The monoisotopic (exact) mass is 273 g/mol. The molecule has 0 spiro atoms. The largest absolute Gasteiger partial charge is 0.374 e. The second kappa shape index (κ2) is 4.99. The highest BCUT2D eigenvalue weighted by Crippen LogP contribution is 2.23. The average Bonchev–Trinajstić information content (AvgIpc) is 2.66. The van der Waals surface area contributed by atoms with Gasteiger partial charge in [-0.3, -0.25) is 0 Å². The van der Waals surface area contributed by atoms with Crippen LogP contribution in [0.15, 0.2) is 18.2 Å². The minimum atomic E-state index is 0.504. The summed E-state index contributed by atoms with van der Waals surface area (Å²) in [5.74, 6) is 0.772. The van der Waals surface area contributed by atoms with Gasteiger partial charge in [0.15, 0.2) is 5.13 Å². The van der Waals surface area contributed by atoms with Crippen LogP contribution < -0.4 is 5.73 Å². The Kier molecular flexibility index (Phi) is 3.63. The molecule has 3 nitrogen and oxygen atoms in total. The highest BCUT2D eigenvalue weighted by molar-refractivity contribution is 7.09. The maximum atomic E-state index is 5.92. The van der Waals surface area contributed by atoms with E-state index < -0.39 is 0 Å². The molecule has 0 fully saturated rings. The fourth-order valence-corrected chi connectivity index (χ4v) is 2.12. The van der Waals surface area contributed by atoms with Gasteiger partial charge in [-0.25, -0.2) is 4.98 Å². The Morgan fingerprint density at radius 2 is 2.00 bits per heavy atom. The van der Waals surface area contributed by atoms with Gasteiger partial charge in [0.25, 0.3) is 0 Å². The second-order valence-electron chi connectivity index (χ2n) is 3.30. The minimum absolute atomic E-state index is 0.504. The van der Waals surface area contributed by atoms with Gasteiger partial charge in [-0.05, 0) is 24.1 Å². The lowest BCUT2D eigenvalue weighted by molar-refractivity contribution is 0.891. The number of nitrogens with two attached hydrogens (primary N) is 1. The van der Waals surface area contributed by atoms with E-state index in [2.05, 4.69) is 9.36 Å². The number of hydrogen-bond acceptors (Lipinski definition) is 4. The van der Waals surface area contributed by atoms with Crippen molar-refractivity contribution in [3.63, 3.8) is 0 Å². The fraction of sp³-hybridized carbons (Fsp3) is 0.200. The van der Waals surface area contributed by atoms with Crippen LogP contribution in [0.1, 0.15) is 11.4 Å². The number of aryl methyl sites for hydroxylation is 2. The molecule has 1 aromatic carbocycles. The zero-order chi connectivity index (χ0) is 11.5. The molecule has 0 saturated heterocycles. The summed E-state index contributed by atoms with van der Waals surface area (Å²) in [4.78, 5) is 4.09. The van der Waals surface area contributed by atoms with E-state index in [0.29, 0.717) is 15.2 Å². The Balaban J connectivity index is 2.02. The first-order chi connectivity index (χ1) is 7.65. The standard InChI is InChI=1S/C10H9Cl2N3S/c11-7-3-1-6(5-8(7)12)2-4-9-14-10(13)16-15-9/h1,3,5H,2,4H2,(H2,13,14,15). The van der Waals surface area contributed by atoms with Crippen LogP contribution >= 0.6 is 34.7 Å². The first kappa shape index (κ1) is 11.6. The maximum absolute atomic E-state index is 5.92. The van der Waals surface area contributed by atoms with E-state index in [1.165, 1.54) is 11.5 Å². The fourth-order valence-electron chi connectivity index (χ4n) is 1.32. The number of rotatable bonds is 3. The van der Waals surface area contributed by atoms with Crippen LogP contribution in [0.25, 0.3) is 0 Å². The van der Waals surface area contributed by atoms with E-state index in [4.69, 9.17) is 28.9 Å². The Bertz CT molecular complexity index is 499. The molecule has 0 aliphatic rings. The summed E-state index contributed by atoms with van der Waals surface area (Å²) in [7, 11) is 0. The van der Waals surface area contributed by atoms with Gasteiger partial charge in [0.2, 0.25) is 0 Å². The van der Waals surface area contributed by atoms with Crippen molar-refractivity contribution < 1.29 is 0 Å². The first-order valence-corrected chi connectivity index (χ1v) is 6.20. The molecule has 16 heavy (non-hydrogen) atoms. The lowest BCUT2D eigenvalue weighted by Gasteiger charge is -2.01. The van der Waals surface area contributed by atoms with Gasteiger partial charge in [0.05, 0.1) is 10.0 Å². The molecule has 2 N–H and O–H groups in total. The molecule has 0 bridgehead atoms. The van der Waals surface area contributed by atoms with E-state index >= 15 is 0 Å². The highest BCUT2D eigenvalue weighted by Gasteiger charge is 2.03. The summed E-state index contributed by atoms with van der Waals surface area (Å²) in [6.07, 6.45) is 1.58. The predicted molar refractivity (Wildman–Crippen MR) is 68.2 cm³/mol. The van der Waals surface area contributed by atoms with Gasteiger partial charge in [-0.15, -0.1) is 0 Å². The third kappa shape index (κ3) is 2.84.